The van der Waals surface area contributed by atoms with Gasteiger partial charge >= 0.3 is 0 Å². The lowest BCUT2D eigenvalue weighted by Crippen LogP contribution is -2.64. The van der Waals surface area contributed by atoms with E-state index in [1.807, 2.05) is 0 Å². The fourth-order valence-corrected chi connectivity index (χ4v) is 21.8. The Morgan fingerprint density at radius 3 is 1.21 bits per heavy atom. The van der Waals surface area contributed by atoms with Crippen LogP contribution in [0, 0.1) is 20.8 Å². The van der Waals surface area contributed by atoms with Gasteiger partial charge in [-0.3, -0.25) is 0 Å². The average molecular weight is 1640 g/mol. The van der Waals surface area contributed by atoms with Crippen molar-refractivity contribution in [1.82, 2.24) is 0 Å². The van der Waals surface area contributed by atoms with E-state index in [9.17, 15) is 0 Å². The maximum absolute atomic E-state index is 8.02. The first-order chi connectivity index (χ1) is 62.0. The smallest absolute Gasteiger partial charge is 0.260 e. The average Bonchev–Trinajstić information content (AvgIpc) is 1.44. The quantitative estimate of drug-likeness (QED) is 0.126. The van der Waals surface area contributed by atoms with Crippen molar-refractivity contribution in [3.63, 3.8) is 0 Å². The second kappa shape index (κ2) is 27.9. The normalized spacial score (nSPS) is 13.4. The second-order valence-corrected chi connectivity index (χ2v) is 36.9. The van der Waals surface area contributed by atoms with Crippen LogP contribution in [0.1, 0.15) is 69.4 Å². The highest BCUT2D eigenvalue weighted by Gasteiger charge is 2.51. The molecule has 0 saturated heterocycles. The van der Waals surface area contributed by atoms with Crippen LogP contribution in [-0.4, -0.2) is 20.1 Å². The van der Waals surface area contributed by atoms with Gasteiger partial charge in [0.1, 0.15) is 56.8 Å². The summed E-state index contributed by atoms with van der Waals surface area (Å²) >= 11 is 0. The van der Waals surface area contributed by atoms with Crippen LogP contribution in [0.25, 0.3) is 43.9 Å². The topological polar surface area (TPSA) is 82.2 Å². The van der Waals surface area contributed by atoms with Crippen molar-refractivity contribution in [2.75, 3.05) is 29.8 Å². The third kappa shape index (κ3) is 11.4. The standard InChI is InChI=1S/C113H85B3N6O5/c1-67-55-68(2)107(69(3)56-67)122-92-66-98-89(64-87(92)115-85-52-54-96-103(81-48-32-50-83(110(81)126-96)113(7,8)9)111(85)127-99-60-78(59-94(122)105(99)115)119(72-37-21-12-22-38-72)73-39-23-13-24-40-73)116-88-63-86-90(65-97(88)123-100-61-79(62-101(124-98)106(100)116)120(74-41-25-14-26-42-74)75-43-27-15-28-44-75)117-91-57-77(118(70-33-17-10-18-34-70)71-35-19-11-20-36-71)58-93-104(91)114(86)84-51-53-95-102(108(84)121(93)76-45-29-16-30-46-76)80-47-31-49-82(109(80)125-95)112(4,5)6/h10-66,117H,1-9H3. The van der Waals surface area contributed by atoms with Crippen LogP contribution in [-0.2, 0) is 10.8 Å². The van der Waals surface area contributed by atoms with Gasteiger partial charge in [0.15, 0.2) is 0 Å². The van der Waals surface area contributed by atoms with Crippen molar-refractivity contribution in [1.29, 1.82) is 0 Å². The van der Waals surface area contributed by atoms with Gasteiger partial charge in [0.2, 0.25) is 0 Å². The number of benzene rings is 17. The minimum absolute atomic E-state index is 0.222. The Balaban J connectivity index is 0.777. The van der Waals surface area contributed by atoms with E-state index in [4.69, 9.17) is 23.0 Å². The first-order valence-corrected chi connectivity index (χ1v) is 44.1. The fourth-order valence-electron chi connectivity index (χ4n) is 21.8. The maximum Gasteiger partial charge on any atom is 0.260 e. The van der Waals surface area contributed by atoms with Gasteiger partial charge in [0, 0.05) is 126 Å². The summed E-state index contributed by atoms with van der Waals surface area (Å²) < 4.78 is 38.3. The molecule has 0 aliphatic carbocycles. The van der Waals surface area contributed by atoms with Gasteiger partial charge in [-0.2, -0.15) is 0 Å². The van der Waals surface area contributed by atoms with Crippen molar-refractivity contribution in [3.8, 4) is 34.5 Å². The number of rotatable bonds is 11. The molecule has 0 bridgehead atoms. The zero-order valence-electron chi connectivity index (χ0n) is 71.9. The molecule has 8 heterocycles. The summed E-state index contributed by atoms with van der Waals surface area (Å²) in [5, 5.41) is 8.34. The fraction of sp³-hybridized carbons (Fsp3) is 0.0973. The number of aryl methyl sites for hydroxylation is 3. The summed E-state index contributed by atoms with van der Waals surface area (Å²) in [6.45, 7) is 19.2. The molecule has 0 amide bonds. The highest BCUT2D eigenvalue weighted by Crippen LogP contribution is 2.55. The molecule has 0 saturated carbocycles. The van der Waals surface area contributed by atoms with Gasteiger partial charge < -0.3 is 52.9 Å². The molecule has 0 spiro atoms. The number of hydrogen-bond acceptors (Lipinski definition) is 11. The minimum atomic E-state index is -0.460. The summed E-state index contributed by atoms with van der Waals surface area (Å²) in [7, 11) is 0. The molecule has 127 heavy (non-hydrogen) atoms. The molecule has 17 aromatic carbocycles. The molecule has 25 rings (SSSR count). The van der Waals surface area contributed by atoms with Gasteiger partial charge in [-0.15, -0.1) is 0 Å². The molecule has 606 valence electrons. The van der Waals surface area contributed by atoms with Gasteiger partial charge in [0.25, 0.3) is 20.1 Å². The predicted molar refractivity (Wildman–Crippen MR) is 529 cm³/mol. The van der Waals surface area contributed by atoms with Crippen LogP contribution >= 0.6 is 0 Å². The monoisotopic (exact) mass is 1640 g/mol. The number of fused-ring (bicyclic) bond motifs is 20. The summed E-state index contributed by atoms with van der Waals surface area (Å²) in [5.74, 6) is 4.41. The van der Waals surface area contributed by atoms with Crippen LogP contribution in [0.15, 0.2) is 355 Å². The van der Waals surface area contributed by atoms with Crippen LogP contribution in [0.5, 0.6) is 34.5 Å². The third-order valence-corrected chi connectivity index (χ3v) is 26.9. The zero-order valence-corrected chi connectivity index (χ0v) is 71.9. The summed E-state index contributed by atoms with van der Waals surface area (Å²) in [4.78, 5) is 12.1. The first kappa shape index (κ1) is 74.4. The largest absolute Gasteiger partial charge is 0.458 e. The SMILES string of the molecule is Cc1cc(C)c(N2c3cc4c(cc3B3c5ccc6oc7c(C(C)(C)C)cccc7c6c5Oc5cc(N(c6ccccc6)c6ccccc6)cc2c53)B2c3cc5c(cc3Oc3cc(N(c6ccccc6)c6ccccc6)cc(c32)O4)Nc2cc(N(c3ccccc3)c3ccccc3)cc3c2B5c2ccc4oc5c(C(C)(C)C)cccc5c4c2N3c2ccccc2)c(C)c1. The van der Waals surface area contributed by atoms with Crippen LogP contribution < -0.4 is 93.2 Å². The molecule has 6 aliphatic heterocycles. The molecular weight excluding hydrogens is 1550 g/mol. The van der Waals surface area contributed by atoms with Gasteiger partial charge in [0.05, 0.1) is 39.2 Å². The molecule has 0 unspecified atom stereocenters. The number of anilines is 17. The molecule has 6 aliphatic rings. The number of para-hydroxylation sites is 9. The molecule has 0 fully saturated rings. The Hall–Kier alpha value is -15.3. The van der Waals surface area contributed by atoms with E-state index in [1.54, 1.807) is 0 Å². The Kier molecular flexibility index (Phi) is 16.3. The van der Waals surface area contributed by atoms with Gasteiger partial charge in [-0.1, -0.05) is 247 Å². The Morgan fingerprint density at radius 2 is 0.709 bits per heavy atom. The van der Waals surface area contributed by atoms with Crippen molar-refractivity contribution >= 4 is 210 Å². The Labute approximate surface area is 739 Å². The summed E-state index contributed by atoms with van der Waals surface area (Å²) in [6, 6.07) is 126. The molecular formula is C113H85B3N6O5. The molecule has 19 aromatic rings. The van der Waals surface area contributed by atoms with E-state index in [-0.39, 0.29) is 17.5 Å². The summed E-state index contributed by atoms with van der Waals surface area (Å²) in [5.41, 5.74) is 35.3. The van der Waals surface area contributed by atoms with E-state index in [2.05, 4.69) is 438 Å². The van der Waals surface area contributed by atoms with Crippen molar-refractivity contribution in [3.05, 3.63) is 374 Å². The highest BCUT2D eigenvalue weighted by molar-refractivity contribution is 7.03. The lowest BCUT2D eigenvalue weighted by Gasteiger charge is -2.44. The molecule has 11 nitrogen and oxygen atoms in total. The maximum atomic E-state index is 8.02. The molecule has 0 radical (unpaired) electrons. The van der Waals surface area contributed by atoms with Crippen LogP contribution in [0.3, 0.4) is 0 Å². The van der Waals surface area contributed by atoms with Crippen LogP contribution in [0.4, 0.5) is 96.7 Å². The van der Waals surface area contributed by atoms with Crippen molar-refractivity contribution < 1.29 is 23.0 Å². The van der Waals surface area contributed by atoms with Crippen molar-refractivity contribution in [2.24, 2.45) is 0 Å². The number of ether oxygens (including phenoxy) is 3. The van der Waals surface area contributed by atoms with E-state index in [0.29, 0.717) is 11.5 Å². The van der Waals surface area contributed by atoms with Gasteiger partial charge in [-0.25, -0.2) is 0 Å². The van der Waals surface area contributed by atoms with Crippen molar-refractivity contribution in [2.45, 2.75) is 73.1 Å². The minimum Gasteiger partial charge on any atom is -0.458 e. The number of nitrogens with zero attached hydrogens (tertiary/aromatic N) is 5. The number of hydrogen-bond donors (Lipinski definition) is 1. The van der Waals surface area contributed by atoms with Gasteiger partial charge in [-0.05, 0) is 202 Å². The molecule has 1 N–H and O–H groups in total. The van der Waals surface area contributed by atoms with E-state index < -0.39 is 13.4 Å². The van der Waals surface area contributed by atoms with E-state index in [0.717, 1.165) is 235 Å². The van der Waals surface area contributed by atoms with E-state index >= 15 is 0 Å². The molecule has 2 aromatic heterocycles. The lowest BCUT2D eigenvalue weighted by atomic mass is 9.29. The highest BCUT2D eigenvalue weighted by atomic mass is 16.5. The van der Waals surface area contributed by atoms with E-state index in [1.165, 1.54) is 5.56 Å². The molecule has 0 atom stereocenters. The molecule has 14 heteroatoms. The zero-order chi connectivity index (χ0) is 85.1. The Morgan fingerprint density at radius 1 is 0.291 bits per heavy atom. The first-order valence-electron chi connectivity index (χ1n) is 44.1. The summed E-state index contributed by atoms with van der Waals surface area (Å²) in [6.07, 6.45) is 0. The Bertz CT molecular complexity index is 7670. The number of nitrogens with one attached hydrogen (secondary N) is 1. The lowest BCUT2D eigenvalue weighted by molar-refractivity contribution is 0.465. The van der Waals surface area contributed by atoms with Crippen LogP contribution in [0.2, 0.25) is 0 Å². The second-order valence-electron chi connectivity index (χ2n) is 36.9. The predicted octanol–water partition coefficient (Wildman–Crippen LogP) is 24.9. The third-order valence-electron chi connectivity index (χ3n) is 26.9. The number of furan rings is 2.